The van der Waals surface area contributed by atoms with Crippen molar-refractivity contribution in [1.82, 2.24) is 5.32 Å². The van der Waals surface area contributed by atoms with Crippen molar-refractivity contribution in [3.05, 3.63) is 23.2 Å². The maximum atomic E-state index is 12.6. The standard InChI is InChI=1S/C17H23ClN2O4S/c1-25(22,23)9-8-24-15-3-2-12(18)10-14(15)20-16(21)13-11-17(13)4-6-19-7-5-17/h2-3,10,13,19H,4-9,11H2,1H3,(H,20,21). The number of benzene rings is 1. The van der Waals surface area contributed by atoms with Crippen molar-refractivity contribution in [2.24, 2.45) is 11.3 Å². The molecule has 3 rings (SSSR count). The van der Waals surface area contributed by atoms with Gasteiger partial charge in [-0.3, -0.25) is 4.79 Å². The van der Waals surface area contributed by atoms with Gasteiger partial charge in [0.25, 0.3) is 0 Å². The highest BCUT2D eigenvalue weighted by Crippen LogP contribution is 2.58. The van der Waals surface area contributed by atoms with Crippen LogP contribution in [0, 0.1) is 11.3 Å². The molecule has 2 fully saturated rings. The van der Waals surface area contributed by atoms with Crippen molar-refractivity contribution in [2.45, 2.75) is 19.3 Å². The molecule has 1 aliphatic carbocycles. The highest BCUT2D eigenvalue weighted by molar-refractivity contribution is 7.90. The SMILES string of the molecule is CS(=O)(=O)CCOc1ccc(Cl)cc1NC(=O)C1CC12CCNCC2. The number of hydrogen-bond acceptors (Lipinski definition) is 5. The van der Waals surface area contributed by atoms with Crippen molar-refractivity contribution in [1.29, 1.82) is 0 Å². The third-order valence-electron chi connectivity index (χ3n) is 5.02. The molecule has 1 aromatic carbocycles. The predicted molar refractivity (Wildman–Crippen MR) is 97.9 cm³/mol. The first-order valence-corrected chi connectivity index (χ1v) is 10.8. The molecule has 0 radical (unpaired) electrons. The number of hydrogen-bond donors (Lipinski definition) is 2. The van der Waals surface area contributed by atoms with Crippen LogP contribution in [0.3, 0.4) is 0 Å². The molecule has 25 heavy (non-hydrogen) atoms. The Balaban J connectivity index is 1.65. The number of rotatable bonds is 6. The minimum atomic E-state index is -3.10. The number of nitrogens with one attached hydrogen (secondary N) is 2. The first kappa shape index (κ1) is 18.5. The quantitative estimate of drug-likeness (QED) is 0.782. The number of carbonyl (C=O) groups excluding carboxylic acids is 1. The molecule has 0 bridgehead atoms. The van der Waals surface area contributed by atoms with Gasteiger partial charge < -0.3 is 15.4 Å². The van der Waals surface area contributed by atoms with Crippen LogP contribution < -0.4 is 15.4 Å². The fourth-order valence-electron chi connectivity index (χ4n) is 3.44. The molecule has 8 heteroatoms. The molecule has 1 saturated carbocycles. The van der Waals surface area contributed by atoms with Crippen molar-refractivity contribution in [3.63, 3.8) is 0 Å². The lowest BCUT2D eigenvalue weighted by molar-refractivity contribution is -0.118. The second-order valence-corrected chi connectivity index (χ2v) is 9.67. The van der Waals surface area contributed by atoms with Gasteiger partial charge in [-0.05, 0) is 56.0 Å². The third-order valence-corrected chi connectivity index (χ3v) is 6.16. The summed E-state index contributed by atoms with van der Waals surface area (Å²) in [5.41, 5.74) is 0.632. The fraction of sp³-hybridized carbons (Fsp3) is 0.588. The van der Waals surface area contributed by atoms with E-state index in [0.717, 1.165) is 38.6 Å². The van der Waals surface area contributed by atoms with E-state index in [1.165, 1.54) is 0 Å². The van der Waals surface area contributed by atoms with Gasteiger partial charge in [-0.2, -0.15) is 0 Å². The van der Waals surface area contributed by atoms with E-state index in [4.69, 9.17) is 16.3 Å². The smallest absolute Gasteiger partial charge is 0.228 e. The average Bonchev–Trinajstić information content (AvgIpc) is 3.22. The Labute approximate surface area is 153 Å². The molecular weight excluding hydrogens is 364 g/mol. The monoisotopic (exact) mass is 386 g/mol. The van der Waals surface area contributed by atoms with E-state index in [1.54, 1.807) is 18.2 Å². The number of ether oxygens (including phenoxy) is 1. The van der Waals surface area contributed by atoms with Gasteiger partial charge in [-0.25, -0.2) is 8.42 Å². The van der Waals surface area contributed by atoms with Gasteiger partial charge in [0.15, 0.2) is 9.84 Å². The van der Waals surface area contributed by atoms with Crippen molar-refractivity contribution in [2.75, 3.05) is 37.0 Å². The highest BCUT2D eigenvalue weighted by atomic mass is 35.5. The summed E-state index contributed by atoms with van der Waals surface area (Å²) < 4.78 is 28.0. The predicted octanol–water partition coefficient (Wildman–Crippen LogP) is 2.09. The summed E-state index contributed by atoms with van der Waals surface area (Å²) in [6.07, 6.45) is 4.13. The van der Waals surface area contributed by atoms with Gasteiger partial charge in [-0.15, -0.1) is 0 Å². The molecule has 2 N–H and O–H groups in total. The number of carbonyl (C=O) groups is 1. The summed E-state index contributed by atoms with van der Waals surface area (Å²) in [4.78, 5) is 12.6. The lowest BCUT2D eigenvalue weighted by atomic mass is 9.92. The van der Waals surface area contributed by atoms with Gasteiger partial charge in [0, 0.05) is 17.2 Å². The number of sulfone groups is 1. The van der Waals surface area contributed by atoms with E-state index in [2.05, 4.69) is 10.6 Å². The number of halogens is 1. The Morgan fingerprint density at radius 3 is 2.80 bits per heavy atom. The zero-order valence-electron chi connectivity index (χ0n) is 14.2. The van der Waals surface area contributed by atoms with Gasteiger partial charge in [-0.1, -0.05) is 11.6 Å². The summed E-state index contributed by atoms with van der Waals surface area (Å²) in [5.74, 6) is 0.359. The molecular formula is C17H23ClN2O4S. The van der Waals surface area contributed by atoms with Gasteiger partial charge >= 0.3 is 0 Å². The Morgan fingerprint density at radius 2 is 2.12 bits per heavy atom. The first-order valence-electron chi connectivity index (χ1n) is 8.41. The van der Waals surface area contributed by atoms with Crippen LogP contribution in [0.1, 0.15) is 19.3 Å². The number of anilines is 1. The molecule has 1 heterocycles. The average molecular weight is 387 g/mol. The Bertz CT molecular complexity index is 760. The molecule has 1 unspecified atom stereocenters. The van der Waals surface area contributed by atoms with Crippen molar-refractivity contribution < 1.29 is 17.9 Å². The summed E-state index contributed by atoms with van der Waals surface area (Å²) in [7, 11) is -3.10. The van der Waals surface area contributed by atoms with E-state index in [1.807, 2.05) is 0 Å². The maximum absolute atomic E-state index is 12.6. The minimum Gasteiger partial charge on any atom is -0.490 e. The zero-order valence-corrected chi connectivity index (χ0v) is 15.8. The molecule has 138 valence electrons. The van der Waals surface area contributed by atoms with Crippen LogP contribution in [0.25, 0.3) is 0 Å². The minimum absolute atomic E-state index is 0.0165. The van der Waals surface area contributed by atoms with Crippen molar-refractivity contribution in [3.8, 4) is 5.75 Å². The van der Waals surface area contributed by atoms with Crippen LogP contribution in [-0.4, -0.2) is 46.0 Å². The van der Waals surface area contributed by atoms with Crippen molar-refractivity contribution >= 4 is 33.0 Å². The highest BCUT2D eigenvalue weighted by Gasteiger charge is 2.57. The summed E-state index contributed by atoms with van der Waals surface area (Å²) >= 11 is 6.03. The fourth-order valence-corrected chi connectivity index (χ4v) is 4.00. The maximum Gasteiger partial charge on any atom is 0.228 e. The summed E-state index contributed by atoms with van der Waals surface area (Å²) in [5, 5.41) is 6.72. The largest absolute Gasteiger partial charge is 0.490 e. The molecule has 1 aliphatic heterocycles. The Hall–Kier alpha value is -1.31. The van der Waals surface area contributed by atoms with Crippen LogP contribution >= 0.6 is 11.6 Å². The summed E-state index contributed by atoms with van der Waals surface area (Å²) in [6, 6.07) is 4.93. The topological polar surface area (TPSA) is 84.5 Å². The second kappa shape index (κ2) is 7.13. The lowest BCUT2D eigenvalue weighted by Gasteiger charge is -2.23. The van der Waals surface area contributed by atoms with Crippen LogP contribution in [-0.2, 0) is 14.6 Å². The van der Waals surface area contributed by atoms with E-state index in [0.29, 0.717) is 16.5 Å². The molecule has 6 nitrogen and oxygen atoms in total. The van der Waals surface area contributed by atoms with Crippen LogP contribution in [0.5, 0.6) is 5.75 Å². The summed E-state index contributed by atoms with van der Waals surface area (Å²) in [6.45, 7) is 1.95. The molecule has 1 saturated heterocycles. The molecule has 0 aromatic heterocycles. The van der Waals surface area contributed by atoms with Gasteiger partial charge in [0.05, 0.1) is 11.4 Å². The molecule has 1 atom stereocenters. The van der Waals surface area contributed by atoms with E-state index in [-0.39, 0.29) is 29.6 Å². The Kier molecular flexibility index (Phi) is 5.27. The molecule has 2 aliphatic rings. The Morgan fingerprint density at radius 1 is 1.40 bits per heavy atom. The van der Waals surface area contributed by atoms with E-state index >= 15 is 0 Å². The van der Waals surface area contributed by atoms with Crippen LogP contribution in [0.4, 0.5) is 5.69 Å². The van der Waals surface area contributed by atoms with Crippen LogP contribution in [0.2, 0.25) is 5.02 Å². The second-order valence-electron chi connectivity index (χ2n) is 6.98. The number of piperidine rings is 1. The van der Waals surface area contributed by atoms with Crippen LogP contribution in [0.15, 0.2) is 18.2 Å². The van der Waals surface area contributed by atoms with E-state index in [9.17, 15) is 13.2 Å². The molecule has 1 aromatic rings. The third kappa shape index (κ3) is 4.65. The van der Waals surface area contributed by atoms with Gasteiger partial charge in [0.2, 0.25) is 5.91 Å². The number of amides is 1. The van der Waals surface area contributed by atoms with Gasteiger partial charge in [0.1, 0.15) is 12.4 Å². The van der Waals surface area contributed by atoms with E-state index < -0.39 is 9.84 Å². The zero-order chi connectivity index (χ0) is 18.1. The lowest BCUT2D eigenvalue weighted by Crippen LogP contribution is -2.31. The molecule has 1 amide bonds. The first-order chi connectivity index (χ1) is 11.8. The molecule has 1 spiro atoms. The normalized spacial score (nSPS) is 21.8.